The summed E-state index contributed by atoms with van der Waals surface area (Å²) in [5.74, 6) is 0. The Bertz CT molecular complexity index is 338. The molecule has 0 saturated carbocycles. The van der Waals surface area contributed by atoms with Crippen LogP contribution in [0.15, 0.2) is 24.5 Å². The molecule has 0 aliphatic rings. The molecule has 19 heavy (non-hydrogen) atoms. The maximum atomic E-state index is 6.18. The molecule has 0 unspecified atom stereocenters. The molecule has 0 amide bonds. The molecular weight excluding hydrogens is 250 g/mol. The summed E-state index contributed by atoms with van der Waals surface area (Å²) >= 11 is 0. The first-order chi connectivity index (χ1) is 8.83. The van der Waals surface area contributed by atoms with E-state index in [1.807, 2.05) is 0 Å². The van der Waals surface area contributed by atoms with Gasteiger partial charge in [0.1, 0.15) is 0 Å². The topological polar surface area (TPSA) is 14.2 Å². The van der Waals surface area contributed by atoms with Gasteiger partial charge >= 0.3 is 0 Å². The fourth-order valence-electron chi connectivity index (χ4n) is 1.81. The quantitative estimate of drug-likeness (QED) is 0.479. The smallest absolute Gasteiger partial charge is 0.191 e. The van der Waals surface area contributed by atoms with E-state index in [-0.39, 0.29) is 0 Å². The minimum absolute atomic E-state index is 0.335. The highest BCUT2D eigenvalue weighted by atomic mass is 28.4. The minimum Gasteiger partial charge on any atom is -0.417 e. The van der Waals surface area contributed by atoms with Crippen molar-refractivity contribution in [3.63, 3.8) is 0 Å². The molecule has 0 aliphatic carbocycles. The van der Waals surface area contributed by atoms with Crippen LogP contribution in [0.1, 0.15) is 46.5 Å². The summed E-state index contributed by atoms with van der Waals surface area (Å²) in [4.78, 5) is 0. The van der Waals surface area contributed by atoms with Crippen molar-refractivity contribution < 1.29 is 4.43 Å². The Kier molecular flexibility index (Phi) is 6.34. The largest absolute Gasteiger partial charge is 0.417 e. The third kappa shape index (κ3) is 5.96. The highest BCUT2D eigenvalue weighted by molar-refractivity contribution is 6.74. The van der Waals surface area contributed by atoms with Crippen molar-refractivity contribution >= 4 is 8.32 Å². The van der Waals surface area contributed by atoms with Crippen molar-refractivity contribution in [3.8, 4) is 0 Å². The van der Waals surface area contributed by atoms with Crippen LogP contribution in [0.4, 0.5) is 0 Å². The molecule has 2 nitrogen and oxygen atoms in total. The Morgan fingerprint density at radius 1 is 0.947 bits per heavy atom. The number of hydrogen-bond acceptors (Lipinski definition) is 1. The Hall–Kier alpha value is -0.543. The Morgan fingerprint density at radius 3 is 2.11 bits per heavy atom. The van der Waals surface area contributed by atoms with Crippen LogP contribution in [0.2, 0.25) is 18.1 Å². The van der Waals surface area contributed by atoms with Crippen LogP contribution < -0.4 is 0 Å². The number of nitrogens with zero attached hydrogens (tertiary/aromatic N) is 1. The van der Waals surface area contributed by atoms with Crippen molar-refractivity contribution in [1.82, 2.24) is 4.57 Å². The van der Waals surface area contributed by atoms with Crippen molar-refractivity contribution in [2.24, 2.45) is 0 Å². The second kappa shape index (κ2) is 7.30. The second-order valence-corrected chi connectivity index (χ2v) is 11.8. The highest BCUT2D eigenvalue weighted by Gasteiger charge is 2.36. The molecule has 0 aliphatic heterocycles. The summed E-state index contributed by atoms with van der Waals surface area (Å²) < 4.78 is 8.44. The molecule has 1 aromatic rings. The van der Waals surface area contributed by atoms with Crippen LogP contribution in [-0.2, 0) is 11.0 Å². The molecule has 0 atom stereocenters. The molecule has 110 valence electrons. The zero-order valence-corrected chi connectivity index (χ0v) is 14.4. The maximum Gasteiger partial charge on any atom is 0.191 e. The molecule has 1 heterocycles. The van der Waals surface area contributed by atoms with E-state index >= 15 is 0 Å². The molecule has 1 aromatic heterocycles. The number of hydrogen-bond donors (Lipinski definition) is 0. The normalized spacial score (nSPS) is 12.9. The van der Waals surface area contributed by atoms with Gasteiger partial charge in [-0.25, -0.2) is 0 Å². The third-order valence-electron chi connectivity index (χ3n) is 4.25. The van der Waals surface area contributed by atoms with Gasteiger partial charge in [0.2, 0.25) is 0 Å². The lowest BCUT2D eigenvalue weighted by Crippen LogP contribution is -2.40. The van der Waals surface area contributed by atoms with Crippen LogP contribution in [0.25, 0.3) is 0 Å². The molecule has 0 N–H and O–H groups in total. The lowest BCUT2D eigenvalue weighted by Gasteiger charge is -2.36. The van der Waals surface area contributed by atoms with Gasteiger partial charge in [0.25, 0.3) is 0 Å². The van der Waals surface area contributed by atoms with Gasteiger partial charge in [-0.2, -0.15) is 0 Å². The highest BCUT2D eigenvalue weighted by Crippen LogP contribution is 2.36. The number of aryl methyl sites for hydroxylation is 1. The first-order valence-corrected chi connectivity index (χ1v) is 10.5. The SMILES string of the molecule is CC(C)(C)[Si](C)(C)OCCCCCCn1cccc1. The predicted octanol–water partition coefficient (Wildman–Crippen LogP) is 5.07. The standard InChI is InChI=1S/C16H31NOSi/c1-16(2,3)19(4,5)18-15-11-7-6-8-12-17-13-9-10-14-17/h9-10,13-14H,6-8,11-12,15H2,1-5H3. The summed E-state index contributed by atoms with van der Waals surface area (Å²) in [5, 5.41) is 0.335. The van der Waals surface area contributed by atoms with Crippen LogP contribution in [-0.4, -0.2) is 19.5 Å². The van der Waals surface area contributed by atoms with Crippen molar-refractivity contribution in [2.75, 3.05) is 6.61 Å². The second-order valence-electron chi connectivity index (χ2n) is 6.94. The average molecular weight is 282 g/mol. The van der Waals surface area contributed by atoms with E-state index in [9.17, 15) is 0 Å². The van der Waals surface area contributed by atoms with E-state index in [4.69, 9.17) is 4.43 Å². The fourth-order valence-corrected chi connectivity index (χ4v) is 2.90. The van der Waals surface area contributed by atoms with Gasteiger partial charge in [0.15, 0.2) is 8.32 Å². The molecule has 0 aromatic carbocycles. The lowest BCUT2D eigenvalue weighted by molar-refractivity contribution is 0.277. The van der Waals surface area contributed by atoms with E-state index in [1.54, 1.807) is 0 Å². The van der Waals surface area contributed by atoms with E-state index in [2.05, 4.69) is 63.0 Å². The summed E-state index contributed by atoms with van der Waals surface area (Å²) in [6.07, 6.45) is 9.35. The van der Waals surface area contributed by atoms with Gasteiger partial charge in [0.05, 0.1) is 0 Å². The molecule has 0 fully saturated rings. The molecule has 1 rings (SSSR count). The van der Waals surface area contributed by atoms with Crippen LogP contribution in [0, 0.1) is 0 Å². The first-order valence-electron chi connectivity index (χ1n) is 7.58. The van der Waals surface area contributed by atoms with Gasteiger partial charge in [-0.1, -0.05) is 33.6 Å². The number of aromatic nitrogens is 1. The molecular formula is C16H31NOSi. The minimum atomic E-state index is -1.52. The zero-order valence-electron chi connectivity index (χ0n) is 13.4. The lowest BCUT2D eigenvalue weighted by atomic mass is 10.2. The average Bonchev–Trinajstić information content (AvgIpc) is 2.79. The summed E-state index contributed by atoms with van der Waals surface area (Å²) in [5.41, 5.74) is 0. The Balaban J connectivity index is 2.02. The van der Waals surface area contributed by atoms with Gasteiger partial charge in [-0.15, -0.1) is 0 Å². The van der Waals surface area contributed by atoms with Crippen molar-refractivity contribution in [1.29, 1.82) is 0 Å². The van der Waals surface area contributed by atoms with Gasteiger partial charge in [0, 0.05) is 25.5 Å². The van der Waals surface area contributed by atoms with E-state index < -0.39 is 8.32 Å². The van der Waals surface area contributed by atoms with Crippen LogP contribution in [0.3, 0.4) is 0 Å². The molecule has 3 heteroatoms. The van der Waals surface area contributed by atoms with Crippen LogP contribution in [0.5, 0.6) is 0 Å². The third-order valence-corrected chi connectivity index (χ3v) is 8.78. The number of rotatable bonds is 8. The van der Waals surface area contributed by atoms with E-state index in [0.717, 1.165) is 13.2 Å². The van der Waals surface area contributed by atoms with Gasteiger partial charge < -0.3 is 8.99 Å². The summed E-state index contributed by atoms with van der Waals surface area (Å²) in [6, 6.07) is 4.18. The van der Waals surface area contributed by atoms with Gasteiger partial charge in [-0.05, 0) is 43.1 Å². The van der Waals surface area contributed by atoms with E-state index in [0.29, 0.717) is 5.04 Å². The molecule has 0 saturated heterocycles. The summed E-state index contributed by atoms with van der Waals surface area (Å²) in [6.45, 7) is 13.7. The molecule has 0 spiro atoms. The molecule has 0 bridgehead atoms. The van der Waals surface area contributed by atoms with Gasteiger partial charge in [-0.3, -0.25) is 0 Å². The van der Waals surface area contributed by atoms with Crippen molar-refractivity contribution in [3.05, 3.63) is 24.5 Å². The Labute approximate surface area is 120 Å². The number of unbranched alkanes of at least 4 members (excludes halogenated alkanes) is 3. The predicted molar refractivity (Wildman–Crippen MR) is 86.0 cm³/mol. The maximum absolute atomic E-state index is 6.18. The van der Waals surface area contributed by atoms with E-state index in [1.165, 1.54) is 25.7 Å². The van der Waals surface area contributed by atoms with Crippen LogP contribution >= 0.6 is 0 Å². The Morgan fingerprint density at radius 2 is 1.53 bits per heavy atom. The summed E-state index contributed by atoms with van der Waals surface area (Å²) in [7, 11) is -1.52. The fraction of sp³-hybridized carbons (Fsp3) is 0.750. The monoisotopic (exact) mass is 281 g/mol. The first kappa shape index (κ1) is 16.5. The zero-order chi connectivity index (χ0) is 14.4. The van der Waals surface area contributed by atoms with Crippen molar-refractivity contribution in [2.45, 2.75) is 71.1 Å². The molecule has 0 radical (unpaired) electrons.